The van der Waals surface area contributed by atoms with Crippen molar-refractivity contribution in [2.75, 3.05) is 10.5 Å². The van der Waals surface area contributed by atoms with Gasteiger partial charge in [0.15, 0.2) is 0 Å². The molecule has 1 aromatic carbocycles. The summed E-state index contributed by atoms with van der Waals surface area (Å²) < 4.78 is 26.2. The van der Waals surface area contributed by atoms with Crippen LogP contribution in [0.2, 0.25) is 5.02 Å². The minimum absolute atomic E-state index is 0.0966. The second-order valence-electron chi connectivity index (χ2n) is 3.05. The van der Waals surface area contributed by atoms with Gasteiger partial charge >= 0.3 is 0 Å². The molecule has 1 N–H and O–H groups in total. The summed E-state index contributed by atoms with van der Waals surface area (Å²) in [6, 6.07) is 5.00. The number of halogens is 2. The molecule has 0 amide bonds. The average Bonchev–Trinajstić information content (AvgIpc) is 2.09. The topological polar surface area (TPSA) is 46.2 Å². The molecule has 0 aromatic heterocycles. The lowest BCUT2D eigenvalue weighted by Gasteiger charge is -2.08. The van der Waals surface area contributed by atoms with E-state index in [9.17, 15) is 8.42 Å². The van der Waals surface area contributed by atoms with E-state index in [1.165, 1.54) is 0 Å². The Morgan fingerprint density at radius 1 is 1.47 bits per heavy atom. The van der Waals surface area contributed by atoms with Gasteiger partial charge in [-0.3, -0.25) is 4.72 Å². The largest absolute Gasteiger partial charge is 0.282 e. The molecule has 15 heavy (non-hydrogen) atoms. The smallest absolute Gasteiger partial charge is 0.232 e. The lowest BCUT2D eigenvalue weighted by Crippen LogP contribution is -2.16. The molecular formula is C9H11BrClNO2S. The number of rotatable bonds is 4. The van der Waals surface area contributed by atoms with E-state index >= 15 is 0 Å². The normalized spacial score (nSPS) is 11.4. The molecule has 0 aliphatic heterocycles. The van der Waals surface area contributed by atoms with Gasteiger partial charge < -0.3 is 0 Å². The number of hydrogen-bond acceptors (Lipinski definition) is 2. The Bertz CT molecular complexity index is 447. The summed E-state index contributed by atoms with van der Waals surface area (Å²) in [7, 11) is -3.27. The first-order valence-corrected chi connectivity index (χ1v) is 7.22. The molecule has 1 rings (SSSR count). The monoisotopic (exact) mass is 311 g/mol. The van der Waals surface area contributed by atoms with Crippen molar-refractivity contribution in [3.05, 3.63) is 27.7 Å². The van der Waals surface area contributed by atoms with Crippen molar-refractivity contribution < 1.29 is 8.42 Å². The lowest BCUT2D eigenvalue weighted by atomic mass is 10.3. The summed E-state index contributed by atoms with van der Waals surface area (Å²) in [6.45, 7) is 1.81. The first kappa shape index (κ1) is 12.8. The molecule has 0 fully saturated rings. The highest BCUT2D eigenvalue weighted by Gasteiger charge is 2.10. The Kier molecular flexibility index (Phi) is 4.43. The van der Waals surface area contributed by atoms with Crippen LogP contribution in [-0.4, -0.2) is 14.2 Å². The van der Waals surface area contributed by atoms with Gasteiger partial charge in [-0.25, -0.2) is 8.42 Å². The van der Waals surface area contributed by atoms with E-state index in [4.69, 9.17) is 11.6 Å². The minimum atomic E-state index is -3.27. The SMILES string of the molecule is CCCS(=O)(=O)Nc1ccc(Br)cc1Cl. The fourth-order valence-electron chi connectivity index (χ4n) is 1.06. The predicted octanol–water partition coefficient (Wildman–Crippen LogP) is 3.25. The summed E-state index contributed by atoms with van der Waals surface area (Å²) in [5.74, 6) is 0.0966. The maximum Gasteiger partial charge on any atom is 0.232 e. The Balaban J connectivity index is 2.90. The molecule has 0 aliphatic rings. The van der Waals surface area contributed by atoms with Crippen LogP contribution < -0.4 is 4.72 Å². The van der Waals surface area contributed by atoms with Crippen molar-refractivity contribution in [1.29, 1.82) is 0 Å². The van der Waals surface area contributed by atoms with E-state index < -0.39 is 10.0 Å². The first-order valence-electron chi connectivity index (χ1n) is 4.40. The van der Waals surface area contributed by atoms with E-state index in [2.05, 4.69) is 20.7 Å². The van der Waals surface area contributed by atoms with Crippen molar-refractivity contribution in [2.45, 2.75) is 13.3 Å². The Morgan fingerprint density at radius 3 is 2.67 bits per heavy atom. The fraction of sp³-hybridized carbons (Fsp3) is 0.333. The summed E-state index contributed by atoms with van der Waals surface area (Å²) >= 11 is 9.12. The van der Waals surface area contributed by atoms with E-state index in [0.29, 0.717) is 17.1 Å². The zero-order chi connectivity index (χ0) is 11.5. The van der Waals surface area contributed by atoms with Gasteiger partial charge in [0.05, 0.1) is 16.5 Å². The molecule has 0 heterocycles. The summed E-state index contributed by atoms with van der Waals surface area (Å²) in [5, 5.41) is 0.379. The molecule has 84 valence electrons. The molecule has 0 saturated heterocycles. The van der Waals surface area contributed by atoms with Crippen molar-refractivity contribution in [3.63, 3.8) is 0 Å². The molecule has 0 saturated carbocycles. The van der Waals surface area contributed by atoms with Crippen LogP contribution in [0, 0.1) is 0 Å². The zero-order valence-electron chi connectivity index (χ0n) is 8.13. The van der Waals surface area contributed by atoms with Gasteiger partial charge in [-0.15, -0.1) is 0 Å². The Labute approximate surface area is 103 Å². The van der Waals surface area contributed by atoms with E-state index in [0.717, 1.165) is 4.47 Å². The highest BCUT2D eigenvalue weighted by molar-refractivity contribution is 9.10. The first-order chi connectivity index (χ1) is 6.94. The fourth-order valence-corrected chi connectivity index (χ4v) is 2.99. The van der Waals surface area contributed by atoms with Crippen molar-refractivity contribution in [3.8, 4) is 0 Å². The van der Waals surface area contributed by atoms with Gasteiger partial charge in [0.1, 0.15) is 0 Å². The number of sulfonamides is 1. The van der Waals surface area contributed by atoms with Gasteiger partial charge in [-0.05, 0) is 24.6 Å². The molecule has 0 radical (unpaired) electrons. The zero-order valence-corrected chi connectivity index (χ0v) is 11.3. The highest BCUT2D eigenvalue weighted by atomic mass is 79.9. The molecule has 6 heteroatoms. The summed E-state index contributed by atoms with van der Waals surface area (Å²) in [4.78, 5) is 0. The molecule has 0 spiro atoms. The van der Waals surface area contributed by atoms with Crippen LogP contribution in [-0.2, 0) is 10.0 Å². The number of anilines is 1. The molecular weight excluding hydrogens is 302 g/mol. The highest BCUT2D eigenvalue weighted by Crippen LogP contribution is 2.26. The summed E-state index contributed by atoms with van der Waals surface area (Å²) in [5.41, 5.74) is 0.410. The van der Waals surface area contributed by atoms with Crippen LogP contribution in [0.3, 0.4) is 0 Å². The second-order valence-corrected chi connectivity index (χ2v) is 6.21. The van der Waals surface area contributed by atoms with E-state index in [1.807, 2.05) is 6.92 Å². The second kappa shape index (κ2) is 5.18. The van der Waals surface area contributed by atoms with Gasteiger partial charge in [0.25, 0.3) is 0 Å². The third kappa shape index (κ3) is 4.01. The van der Waals surface area contributed by atoms with Crippen molar-refractivity contribution in [1.82, 2.24) is 0 Å². The number of nitrogens with one attached hydrogen (secondary N) is 1. The average molecular weight is 313 g/mol. The Morgan fingerprint density at radius 2 is 2.13 bits per heavy atom. The van der Waals surface area contributed by atoms with Crippen LogP contribution in [0.5, 0.6) is 0 Å². The molecule has 0 atom stereocenters. The van der Waals surface area contributed by atoms with Gasteiger partial charge in [-0.2, -0.15) is 0 Å². The van der Waals surface area contributed by atoms with E-state index in [1.54, 1.807) is 18.2 Å². The standard InChI is InChI=1S/C9H11BrClNO2S/c1-2-5-15(13,14)12-9-4-3-7(10)6-8(9)11/h3-4,6,12H,2,5H2,1H3. The predicted molar refractivity (Wildman–Crippen MR) is 66.9 cm³/mol. The number of hydrogen-bond donors (Lipinski definition) is 1. The van der Waals surface area contributed by atoms with Crippen LogP contribution in [0.25, 0.3) is 0 Å². The number of benzene rings is 1. The quantitative estimate of drug-likeness (QED) is 0.927. The third-order valence-corrected chi connectivity index (χ3v) is 3.95. The molecule has 1 aromatic rings. The maximum atomic E-state index is 11.5. The Hall–Kier alpha value is -0.260. The lowest BCUT2D eigenvalue weighted by molar-refractivity contribution is 0.600. The molecule has 0 bridgehead atoms. The van der Waals surface area contributed by atoms with E-state index in [-0.39, 0.29) is 5.75 Å². The minimum Gasteiger partial charge on any atom is -0.282 e. The maximum absolute atomic E-state index is 11.5. The van der Waals surface area contributed by atoms with Crippen LogP contribution in [0.15, 0.2) is 22.7 Å². The van der Waals surface area contributed by atoms with Crippen LogP contribution in [0.4, 0.5) is 5.69 Å². The summed E-state index contributed by atoms with van der Waals surface area (Å²) in [6.07, 6.45) is 0.573. The molecule has 0 aliphatic carbocycles. The van der Waals surface area contributed by atoms with Gasteiger partial charge in [0.2, 0.25) is 10.0 Å². The van der Waals surface area contributed by atoms with Crippen molar-refractivity contribution in [2.24, 2.45) is 0 Å². The van der Waals surface area contributed by atoms with Gasteiger partial charge in [0, 0.05) is 4.47 Å². The molecule has 3 nitrogen and oxygen atoms in total. The molecule has 0 unspecified atom stereocenters. The van der Waals surface area contributed by atoms with Crippen LogP contribution >= 0.6 is 27.5 Å². The third-order valence-electron chi connectivity index (χ3n) is 1.67. The van der Waals surface area contributed by atoms with Crippen LogP contribution in [0.1, 0.15) is 13.3 Å². The van der Waals surface area contributed by atoms with Gasteiger partial charge in [-0.1, -0.05) is 34.5 Å². The van der Waals surface area contributed by atoms with Crippen molar-refractivity contribution >= 4 is 43.2 Å².